The Morgan fingerprint density at radius 2 is 2.05 bits per heavy atom. The summed E-state index contributed by atoms with van der Waals surface area (Å²) < 4.78 is 5.22. The molecule has 2 aliphatic rings. The van der Waals surface area contributed by atoms with E-state index in [1.807, 2.05) is 4.90 Å². The van der Waals surface area contributed by atoms with Crippen LogP contribution in [-0.4, -0.2) is 61.1 Å². The predicted molar refractivity (Wildman–Crippen MR) is 88.9 cm³/mol. The zero-order chi connectivity index (χ0) is 15.6. The summed E-state index contributed by atoms with van der Waals surface area (Å²) in [6.45, 7) is 3.28. The zero-order valence-electron chi connectivity index (χ0n) is 13.1. The van der Waals surface area contributed by atoms with Gasteiger partial charge in [-0.1, -0.05) is 11.6 Å². The van der Waals surface area contributed by atoms with E-state index >= 15 is 0 Å². The Hall–Kier alpha value is -1.01. The SMILES string of the molecule is O=C(CSCC(=O)N1CCOCC1)NCCC1=CCCCC1. The normalized spacial score (nSPS) is 18.7. The number of thioether (sulfide) groups is 1. The highest BCUT2D eigenvalue weighted by Gasteiger charge is 2.16. The lowest BCUT2D eigenvalue weighted by atomic mass is 9.97. The van der Waals surface area contributed by atoms with Crippen LogP contribution in [0.15, 0.2) is 11.6 Å². The Labute approximate surface area is 136 Å². The smallest absolute Gasteiger partial charge is 0.232 e. The number of carbonyl (C=O) groups excluding carboxylic acids is 2. The van der Waals surface area contributed by atoms with Gasteiger partial charge in [0.1, 0.15) is 0 Å². The molecule has 0 saturated carbocycles. The second-order valence-corrected chi connectivity index (χ2v) is 6.68. The van der Waals surface area contributed by atoms with Gasteiger partial charge in [-0.3, -0.25) is 9.59 Å². The number of ether oxygens (including phenoxy) is 1. The van der Waals surface area contributed by atoms with Gasteiger partial charge in [0.2, 0.25) is 11.8 Å². The summed E-state index contributed by atoms with van der Waals surface area (Å²) in [4.78, 5) is 25.5. The van der Waals surface area contributed by atoms with E-state index in [1.54, 1.807) is 0 Å². The number of hydrogen-bond acceptors (Lipinski definition) is 4. The van der Waals surface area contributed by atoms with Crippen molar-refractivity contribution in [2.24, 2.45) is 0 Å². The second kappa shape index (κ2) is 9.90. The number of hydrogen-bond donors (Lipinski definition) is 1. The molecule has 0 bridgehead atoms. The lowest BCUT2D eigenvalue weighted by Gasteiger charge is -2.26. The summed E-state index contributed by atoms with van der Waals surface area (Å²) in [6, 6.07) is 0. The minimum Gasteiger partial charge on any atom is -0.378 e. The molecule has 0 unspecified atom stereocenters. The van der Waals surface area contributed by atoms with E-state index in [-0.39, 0.29) is 11.8 Å². The van der Waals surface area contributed by atoms with Crippen molar-refractivity contribution in [3.8, 4) is 0 Å². The summed E-state index contributed by atoms with van der Waals surface area (Å²) >= 11 is 1.39. The first-order valence-electron chi connectivity index (χ1n) is 8.13. The van der Waals surface area contributed by atoms with Crippen LogP contribution in [0.3, 0.4) is 0 Å². The fourth-order valence-corrected chi connectivity index (χ4v) is 3.43. The van der Waals surface area contributed by atoms with Crippen molar-refractivity contribution in [3.63, 3.8) is 0 Å². The lowest BCUT2D eigenvalue weighted by Crippen LogP contribution is -2.41. The molecule has 1 aliphatic carbocycles. The molecule has 0 radical (unpaired) electrons. The van der Waals surface area contributed by atoms with Crippen molar-refractivity contribution >= 4 is 23.6 Å². The maximum Gasteiger partial charge on any atom is 0.232 e. The number of morpholine rings is 1. The molecule has 5 nitrogen and oxygen atoms in total. The third kappa shape index (κ3) is 6.40. The van der Waals surface area contributed by atoms with E-state index in [4.69, 9.17) is 4.74 Å². The van der Waals surface area contributed by atoms with Crippen LogP contribution in [-0.2, 0) is 14.3 Å². The Bertz CT molecular complexity index is 406. The molecule has 1 aliphatic heterocycles. The molecule has 124 valence electrons. The number of allylic oxidation sites excluding steroid dienone is 1. The zero-order valence-corrected chi connectivity index (χ0v) is 14.0. The molecule has 6 heteroatoms. The Morgan fingerprint density at radius 3 is 2.77 bits per heavy atom. The number of amides is 2. The van der Waals surface area contributed by atoms with Crippen LogP contribution in [0.2, 0.25) is 0 Å². The van der Waals surface area contributed by atoms with Crippen molar-refractivity contribution < 1.29 is 14.3 Å². The van der Waals surface area contributed by atoms with Crippen molar-refractivity contribution in [1.82, 2.24) is 10.2 Å². The maximum absolute atomic E-state index is 11.9. The minimum atomic E-state index is 0.0242. The summed E-state index contributed by atoms with van der Waals surface area (Å²) in [6.07, 6.45) is 8.21. The molecule has 0 atom stereocenters. The molecule has 0 aromatic heterocycles. The highest BCUT2D eigenvalue weighted by atomic mass is 32.2. The van der Waals surface area contributed by atoms with Gasteiger partial charge in [0.05, 0.1) is 24.7 Å². The lowest BCUT2D eigenvalue weighted by molar-refractivity contribution is -0.132. The average Bonchev–Trinajstić information content (AvgIpc) is 2.56. The highest BCUT2D eigenvalue weighted by Crippen LogP contribution is 2.19. The highest BCUT2D eigenvalue weighted by molar-refractivity contribution is 8.00. The van der Waals surface area contributed by atoms with Crippen LogP contribution >= 0.6 is 11.8 Å². The number of carbonyl (C=O) groups is 2. The monoisotopic (exact) mass is 326 g/mol. The fraction of sp³-hybridized carbons (Fsp3) is 0.750. The van der Waals surface area contributed by atoms with Crippen LogP contribution in [0.4, 0.5) is 0 Å². The number of nitrogens with zero attached hydrogens (tertiary/aromatic N) is 1. The van der Waals surface area contributed by atoms with E-state index < -0.39 is 0 Å². The van der Waals surface area contributed by atoms with Gasteiger partial charge < -0.3 is 15.0 Å². The number of nitrogens with one attached hydrogen (secondary N) is 1. The molecule has 1 fully saturated rings. The molecule has 2 amide bonds. The quantitative estimate of drug-likeness (QED) is 0.722. The van der Waals surface area contributed by atoms with Crippen LogP contribution in [0.25, 0.3) is 0 Å². The standard InChI is InChI=1S/C16H26N2O3S/c19-15(17-7-6-14-4-2-1-3-5-14)12-22-13-16(20)18-8-10-21-11-9-18/h4H,1-3,5-13H2,(H,17,19). The van der Waals surface area contributed by atoms with E-state index in [0.717, 1.165) is 6.42 Å². The third-order valence-corrected chi connectivity index (χ3v) is 4.89. The van der Waals surface area contributed by atoms with Gasteiger partial charge in [-0.15, -0.1) is 11.8 Å². The summed E-state index contributed by atoms with van der Waals surface area (Å²) in [5, 5.41) is 2.94. The van der Waals surface area contributed by atoms with Gasteiger partial charge in [-0.25, -0.2) is 0 Å². The Morgan fingerprint density at radius 1 is 1.23 bits per heavy atom. The third-order valence-electron chi connectivity index (χ3n) is 3.98. The molecule has 0 aromatic carbocycles. The molecule has 0 spiro atoms. The van der Waals surface area contributed by atoms with Gasteiger partial charge >= 0.3 is 0 Å². The summed E-state index contributed by atoms with van der Waals surface area (Å²) in [7, 11) is 0. The van der Waals surface area contributed by atoms with E-state index in [2.05, 4.69) is 11.4 Å². The molecule has 1 N–H and O–H groups in total. The largest absolute Gasteiger partial charge is 0.378 e. The van der Waals surface area contributed by atoms with Crippen LogP contribution < -0.4 is 5.32 Å². The first kappa shape index (κ1) is 17.3. The van der Waals surface area contributed by atoms with E-state index in [9.17, 15) is 9.59 Å². The topological polar surface area (TPSA) is 58.6 Å². The van der Waals surface area contributed by atoms with Gasteiger partial charge in [-0.05, 0) is 32.1 Å². The van der Waals surface area contributed by atoms with Crippen molar-refractivity contribution in [3.05, 3.63) is 11.6 Å². The molecule has 1 saturated heterocycles. The van der Waals surface area contributed by atoms with Crippen molar-refractivity contribution in [2.75, 3.05) is 44.4 Å². The predicted octanol–water partition coefficient (Wildman–Crippen LogP) is 1.59. The first-order valence-corrected chi connectivity index (χ1v) is 9.29. The van der Waals surface area contributed by atoms with Crippen LogP contribution in [0.5, 0.6) is 0 Å². The average molecular weight is 326 g/mol. The molecular formula is C16H26N2O3S. The molecule has 2 rings (SSSR count). The van der Waals surface area contributed by atoms with Gasteiger partial charge in [0.25, 0.3) is 0 Å². The fourth-order valence-electron chi connectivity index (χ4n) is 2.68. The van der Waals surface area contributed by atoms with Crippen LogP contribution in [0, 0.1) is 0 Å². The van der Waals surface area contributed by atoms with Gasteiger partial charge in [-0.2, -0.15) is 0 Å². The van der Waals surface area contributed by atoms with Crippen molar-refractivity contribution in [2.45, 2.75) is 32.1 Å². The first-order chi connectivity index (χ1) is 10.8. The Balaban J connectivity index is 1.51. The maximum atomic E-state index is 11.9. The van der Waals surface area contributed by atoms with Gasteiger partial charge in [0.15, 0.2) is 0 Å². The van der Waals surface area contributed by atoms with E-state index in [0.29, 0.717) is 44.4 Å². The van der Waals surface area contributed by atoms with Crippen LogP contribution in [0.1, 0.15) is 32.1 Å². The van der Waals surface area contributed by atoms with Gasteiger partial charge in [0, 0.05) is 19.6 Å². The number of rotatable bonds is 7. The minimum absolute atomic E-state index is 0.0242. The molecule has 0 aromatic rings. The van der Waals surface area contributed by atoms with Crippen molar-refractivity contribution in [1.29, 1.82) is 0 Å². The molecular weight excluding hydrogens is 300 g/mol. The summed E-state index contributed by atoms with van der Waals surface area (Å²) in [5.74, 6) is 0.859. The summed E-state index contributed by atoms with van der Waals surface area (Å²) in [5.41, 5.74) is 1.47. The molecule has 22 heavy (non-hydrogen) atoms. The van der Waals surface area contributed by atoms with E-state index in [1.165, 1.54) is 43.0 Å². The Kier molecular flexibility index (Phi) is 7.80. The second-order valence-electron chi connectivity index (χ2n) is 5.69. The molecule has 1 heterocycles.